The Morgan fingerprint density at radius 2 is 2.18 bits per heavy atom. The fraction of sp³-hybridized carbons (Fsp3) is 0. The molecule has 56 valence electrons. The second-order valence-corrected chi connectivity index (χ2v) is 4.11. The van der Waals surface area contributed by atoms with Crippen LogP contribution in [-0.2, 0) is 0 Å². The van der Waals surface area contributed by atoms with Crippen molar-refractivity contribution < 1.29 is 0 Å². The molecule has 0 atom stereocenters. The molecule has 0 aliphatic heterocycles. The van der Waals surface area contributed by atoms with E-state index in [4.69, 9.17) is 16.9 Å². The molecular formula is C7H2BrClIN. The van der Waals surface area contributed by atoms with Crippen molar-refractivity contribution in [3.63, 3.8) is 0 Å². The lowest BCUT2D eigenvalue weighted by atomic mass is 10.2. The van der Waals surface area contributed by atoms with Crippen LogP contribution in [0, 0.1) is 14.9 Å². The lowest BCUT2D eigenvalue weighted by Gasteiger charge is -1.99. The van der Waals surface area contributed by atoms with Gasteiger partial charge in [0.1, 0.15) is 6.07 Å². The minimum Gasteiger partial charge on any atom is -0.192 e. The summed E-state index contributed by atoms with van der Waals surface area (Å²) in [6.07, 6.45) is 0. The predicted molar refractivity (Wildman–Crippen MR) is 56.6 cm³/mol. The minimum absolute atomic E-state index is 0.610. The first-order chi connectivity index (χ1) is 5.16. The Hall–Kier alpha value is 0.210. The van der Waals surface area contributed by atoms with Gasteiger partial charge >= 0.3 is 0 Å². The second kappa shape index (κ2) is 3.74. The average Bonchev–Trinajstić information content (AvgIpc) is 2.01. The topological polar surface area (TPSA) is 23.8 Å². The quantitative estimate of drug-likeness (QED) is 0.522. The summed E-state index contributed by atoms with van der Waals surface area (Å²) in [5, 5.41) is 9.27. The third kappa shape index (κ3) is 1.86. The zero-order valence-corrected chi connectivity index (χ0v) is 9.74. The molecule has 0 aliphatic rings. The van der Waals surface area contributed by atoms with Crippen molar-refractivity contribution in [2.45, 2.75) is 0 Å². The number of nitriles is 1. The van der Waals surface area contributed by atoms with Crippen molar-refractivity contribution in [2.24, 2.45) is 0 Å². The fourth-order valence-corrected chi connectivity index (χ4v) is 1.79. The molecule has 1 rings (SSSR count). The van der Waals surface area contributed by atoms with E-state index in [0.717, 1.165) is 8.04 Å². The Morgan fingerprint density at radius 1 is 1.55 bits per heavy atom. The molecule has 1 nitrogen and oxygen atoms in total. The Kier molecular flexibility index (Phi) is 3.16. The van der Waals surface area contributed by atoms with Gasteiger partial charge in [0.2, 0.25) is 0 Å². The smallest absolute Gasteiger partial charge is 0.100 e. The molecule has 0 saturated heterocycles. The van der Waals surface area contributed by atoms with E-state index in [1.807, 2.05) is 0 Å². The molecule has 0 aromatic heterocycles. The van der Waals surface area contributed by atoms with E-state index in [1.54, 1.807) is 12.1 Å². The molecule has 0 heterocycles. The first-order valence-electron chi connectivity index (χ1n) is 2.70. The molecule has 0 spiro atoms. The van der Waals surface area contributed by atoms with Gasteiger partial charge in [-0.15, -0.1) is 0 Å². The number of nitrogens with zero attached hydrogens (tertiary/aromatic N) is 1. The van der Waals surface area contributed by atoms with E-state index >= 15 is 0 Å². The summed E-state index contributed by atoms with van der Waals surface area (Å²) >= 11 is 11.2. The van der Waals surface area contributed by atoms with Crippen molar-refractivity contribution in [1.29, 1.82) is 5.26 Å². The van der Waals surface area contributed by atoms with E-state index in [1.165, 1.54) is 0 Å². The van der Waals surface area contributed by atoms with Crippen LogP contribution >= 0.6 is 50.1 Å². The van der Waals surface area contributed by atoms with Crippen LogP contribution in [0.4, 0.5) is 0 Å². The van der Waals surface area contributed by atoms with Crippen LogP contribution in [0.3, 0.4) is 0 Å². The molecule has 0 bridgehead atoms. The molecular weight excluding hydrogens is 340 g/mol. The number of rotatable bonds is 0. The van der Waals surface area contributed by atoms with Gasteiger partial charge in [-0.2, -0.15) is 5.26 Å². The third-order valence-corrected chi connectivity index (χ3v) is 4.47. The molecule has 0 aliphatic carbocycles. The highest BCUT2D eigenvalue weighted by molar-refractivity contribution is 14.1. The summed E-state index contributed by atoms with van der Waals surface area (Å²) in [6, 6.07) is 5.46. The molecule has 1 aromatic rings. The van der Waals surface area contributed by atoms with Crippen molar-refractivity contribution in [3.8, 4) is 6.07 Å². The van der Waals surface area contributed by atoms with Crippen LogP contribution in [0.1, 0.15) is 5.56 Å². The summed E-state index contributed by atoms with van der Waals surface area (Å²) in [7, 11) is 0. The van der Waals surface area contributed by atoms with Crippen molar-refractivity contribution in [3.05, 3.63) is 30.8 Å². The lowest BCUT2D eigenvalue weighted by Crippen LogP contribution is -1.82. The molecule has 0 amide bonds. The highest BCUT2D eigenvalue weighted by atomic mass is 127. The number of halogens is 3. The summed E-state index contributed by atoms with van der Waals surface area (Å²) < 4.78 is 1.65. The van der Waals surface area contributed by atoms with Crippen LogP contribution in [0.5, 0.6) is 0 Å². The average molecular weight is 342 g/mol. The van der Waals surface area contributed by atoms with E-state index in [0.29, 0.717) is 10.6 Å². The summed E-state index contributed by atoms with van der Waals surface area (Å²) in [5.74, 6) is 0. The SMILES string of the molecule is N#Cc1ccc(Cl)c(I)c1Br. The maximum absolute atomic E-state index is 8.61. The van der Waals surface area contributed by atoms with E-state index < -0.39 is 0 Å². The monoisotopic (exact) mass is 341 g/mol. The highest BCUT2D eigenvalue weighted by Crippen LogP contribution is 2.29. The van der Waals surface area contributed by atoms with Gasteiger partial charge in [0.15, 0.2) is 0 Å². The Labute approximate surface area is 91.6 Å². The standard InChI is InChI=1S/C7H2BrClIN/c8-6-4(3-11)1-2-5(9)7(6)10/h1-2H. The van der Waals surface area contributed by atoms with Crippen LogP contribution in [0.2, 0.25) is 5.02 Å². The van der Waals surface area contributed by atoms with Gasteiger partial charge in [-0.3, -0.25) is 0 Å². The first kappa shape index (κ1) is 9.30. The Bertz CT molecular complexity index is 332. The molecule has 0 radical (unpaired) electrons. The summed E-state index contributed by atoms with van der Waals surface area (Å²) in [6.45, 7) is 0. The van der Waals surface area contributed by atoms with Crippen molar-refractivity contribution in [2.75, 3.05) is 0 Å². The Balaban J connectivity index is 3.40. The molecule has 0 fully saturated rings. The second-order valence-electron chi connectivity index (χ2n) is 1.83. The van der Waals surface area contributed by atoms with Gasteiger partial charge in [0.05, 0.1) is 15.1 Å². The minimum atomic E-state index is 0.610. The summed E-state index contributed by atoms with van der Waals surface area (Å²) in [5.41, 5.74) is 0.610. The largest absolute Gasteiger partial charge is 0.192 e. The molecule has 1 aromatic carbocycles. The molecule has 0 saturated carbocycles. The van der Waals surface area contributed by atoms with Gasteiger partial charge in [-0.25, -0.2) is 0 Å². The number of hydrogen-bond acceptors (Lipinski definition) is 1. The first-order valence-corrected chi connectivity index (χ1v) is 4.95. The van der Waals surface area contributed by atoms with Crippen LogP contribution < -0.4 is 0 Å². The molecule has 0 unspecified atom stereocenters. The zero-order valence-electron chi connectivity index (χ0n) is 5.24. The fourth-order valence-electron chi connectivity index (χ4n) is 0.612. The van der Waals surface area contributed by atoms with Crippen LogP contribution in [-0.4, -0.2) is 0 Å². The van der Waals surface area contributed by atoms with E-state index in [2.05, 4.69) is 44.6 Å². The highest BCUT2D eigenvalue weighted by Gasteiger charge is 2.05. The van der Waals surface area contributed by atoms with Gasteiger partial charge in [-0.1, -0.05) is 11.6 Å². The van der Waals surface area contributed by atoms with Gasteiger partial charge in [0, 0.05) is 3.57 Å². The molecule has 4 heteroatoms. The maximum Gasteiger partial charge on any atom is 0.100 e. The van der Waals surface area contributed by atoms with E-state index in [9.17, 15) is 0 Å². The normalized spacial score (nSPS) is 9.27. The van der Waals surface area contributed by atoms with Crippen LogP contribution in [0.25, 0.3) is 0 Å². The van der Waals surface area contributed by atoms with Crippen LogP contribution in [0.15, 0.2) is 16.6 Å². The Morgan fingerprint density at radius 3 is 2.73 bits per heavy atom. The zero-order chi connectivity index (χ0) is 8.43. The number of hydrogen-bond donors (Lipinski definition) is 0. The van der Waals surface area contributed by atoms with E-state index in [-0.39, 0.29) is 0 Å². The predicted octanol–water partition coefficient (Wildman–Crippen LogP) is 3.58. The lowest BCUT2D eigenvalue weighted by molar-refractivity contribution is 1.45. The van der Waals surface area contributed by atoms with Gasteiger partial charge in [0.25, 0.3) is 0 Å². The summed E-state index contributed by atoms with van der Waals surface area (Å²) in [4.78, 5) is 0. The van der Waals surface area contributed by atoms with Crippen molar-refractivity contribution in [1.82, 2.24) is 0 Å². The third-order valence-electron chi connectivity index (χ3n) is 1.16. The number of benzene rings is 1. The van der Waals surface area contributed by atoms with Gasteiger partial charge in [-0.05, 0) is 50.7 Å². The molecule has 11 heavy (non-hydrogen) atoms. The van der Waals surface area contributed by atoms with Crippen molar-refractivity contribution >= 4 is 50.1 Å². The van der Waals surface area contributed by atoms with Gasteiger partial charge < -0.3 is 0 Å². The molecule has 0 N–H and O–H groups in total. The maximum atomic E-state index is 8.61.